The predicted octanol–water partition coefficient (Wildman–Crippen LogP) is 3.60. The first-order valence-electron chi connectivity index (χ1n) is 8.46. The van der Waals surface area contributed by atoms with Crippen LogP contribution in [0.5, 0.6) is 0 Å². The number of amides is 1. The molecule has 23 heavy (non-hydrogen) atoms. The van der Waals surface area contributed by atoms with Gasteiger partial charge in [0.2, 0.25) is 5.91 Å². The van der Waals surface area contributed by atoms with Crippen molar-refractivity contribution in [3.8, 4) is 0 Å². The minimum atomic E-state index is -0.242. The van der Waals surface area contributed by atoms with E-state index in [0.29, 0.717) is 5.92 Å². The van der Waals surface area contributed by atoms with Gasteiger partial charge in [0.15, 0.2) is 0 Å². The highest BCUT2D eigenvalue weighted by Crippen LogP contribution is 2.36. The second-order valence-corrected chi connectivity index (χ2v) is 6.52. The fourth-order valence-corrected chi connectivity index (χ4v) is 3.30. The lowest BCUT2D eigenvalue weighted by Crippen LogP contribution is -2.43. The van der Waals surface area contributed by atoms with E-state index in [-0.39, 0.29) is 18.0 Å². The summed E-state index contributed by atoms with van der Waals surface area (Å²) >= 11 is 0. The molecule has 2 aromatic heterocycles. The maximum Gasteiger partial charge on any atom is 0.246 e. The molecule has 1 amide bonds. The van der Waals surface area contributed by atoms with Crippen molar-refractivity contribution >= 4 is 5.91 Å². The topological polar surface area (TPSA) is 51.3 Å². The van der Waals surface area contributed by atoms with Crippen LogP contribution >= 0.6 is 0 Å². The third-order valence-electron chi connectivity index (χ3n) is 4.84. The summed E-state index contributed by atoms with van der Waals surface area (Å²) in [6.07, 6.45) is 8.12. The lowest BCUT2D eigenvalue weighted by Gasteiger charge is -2.39. The van der Waals surface area contributed by atoms with Gasteiger partial charge in [-0.2, -0.15) is 0 Å². The molecule has 1 aliphatic rings. The third kappa shape index (κ3) is 3.19. The largest absolute Gasteiger partial charge is 0.464 e. The molecule has 0 N–H and O–H groups in total. The van der Waals surface area contributed by atoms with E-state index in [9.17, 15) is 4.79 Å². The van der Waals surface area contributed by atoms with Crippen molar-refractivity contribution in [2.24, 2.45) is 5.92 Å². The Bertz CT molecular complexity index is 647. The number of likely N-dealkylation sites (tertiary alicyclic amines) is 1. The molecule has 3 heterocycles. The Hall–Kier alpha value is -2.04. The van der Waals surface area contributed by atoms with Crippen molar-refractivity contribution in [2.45, 2.75) is 52.1 Å². The highest BCUT2D eigenvalue weighted by molar-refractivity contribution is 5.80. The van der Waals surface area contributed by atoms with Crippen LogP contribution in [-0.2, 0) is 11.2 Å². The molecule has 2 aromatic rings. The van der Waals surface area contributed by atoms with E-state index in [1.54, 1.807) is 12.5 Å². The number of nitrogens with zero attached hydrogens (tertiary/aromatic N) is 3. The van der Waals surface area contributed by atoms with Gasteiger partial charge >= 0.3 is 0 Å². The van der Waals surface area contributed by atoms with Gasteiger partial charge in [0.25, 0.3) is 0 Å². The highest BCUT2D eigenvalue weighted by Gasteiger charge is 2.35. The zero-order valence-electron chi connectivity index (χ0n) is 14.1. The summed E-state index contributed by atoms with van der Waals surface area (Å²) in [5.41, 5.74) is 0. The lowest BCUT2D eigenvalue weighted by molar-refractivity contribution is -0.139. The number of piperidine rings is 1. The van der Waals surface area contributed by atoms with Gasteiger partial charge in [-0.25, -0.2) is 4.98 Å². The average Bonchev–Trinajstić information content (AvgIpc) is 3.24. The van der Waals surface area contributed by atoms with Crippen LogP contribution in [0.4, 0.5) is 0 Å². The third-order valence-corrected chi connectivity index (χ3v) is 4.84. The highest BCUT2D eigenvalue weighted by atomic mass is 16.3. The molecule has 0 bridgehead atoms. The molecule has 3 unspecified atom stereocenters. The Morgan fingerprint density at radius 2 is 2.30 bits per heavy atom. The zero-order chi connectivity index (χ0) is 16.4. The molecule has 1 saturated heterocycles. The second-order valence-electron chi connectivity index (χ2n) is 6.52. The Labute approximate surface area is 137 Å². The van der Waals surface area contributed by atoms with Gasteiger partial charge in [-0.05, 0) is 37.8 Å². The molecule has 0 aliphatic carbocycles. The van der Waals surface area contributed by atoms with Gasteiger partial charge in [-0.3, -0.25) is 4.79 Å². The van der Waals surface area contributed by atoms with Gasteiger partial charge in [0.1, 0.15) is 17.6 Å². The van der Waals surface area contributed by atoms with Gasteiger partial charge in [-0.15, -0.1) is 0 Å². The van der Waals surface area contributed by atoms with Gasteiger partial charge < -0.3 is 13.9 Å². The summed E-state index contributed by atoms with van der Waals surface area (Å²) in [6, 6.07) is 3.85. The zero-order valence-corrected chi connectivity index (χ0v) is 14.1. The molecular weight excluding hydrogens is 290 g/mol. The van der Waals surface area contributed by atoms with Crippen molar-refractivity contribution in [1.82, 2.24) is 14.5 Å². The first-order chi connectivity index (χ1) is 11.1. The molecule has 0 spiro atoms. The fourth-order valence-electron chi connectivity index (χ4n) is 3.30. The number of carbonyl (C=O) groups excluding carboxylic acids is 1. The fraction of sp³-hybridized carbons (Fsp3) is 0.556. The van der Waals surface area contributed by atoms with Gasteiger partial charge in [-0.1, -0.05) is 13.8 Å². The molecule has 5 nitrogen and oxygen atoms in total. The molecule has 0 saturated carbocycles. The Morgan fingerprint density at radius 3 is 2.96 bits per heavy atom. The molecule has 0 radical (unpaired) electrons. The predicted molar refractivity (Wildman–Crippen MR) is 87.9 cm³/mol. The SMILES string of the molecule is CCc1ccc(C2CC(C)CCN2C(=O)C(C)n2ccnc2)o1. The van der Waals surface area contributed by atoms with Crippen LogP contribution in [0.25, 0.3) is 0 Å². The van der Waals surface area contributed by atoms with Gasteiger partial charge in [0.05, 0.1) is 12.4 Å². The second kappa shape index (κ2) is 6.60. The van der Waals surface area contributed by atoms with E-state index >= 15 is 0 Å². The maximum atomic E-state index is 13.0. The normalized spacial score (nSPS) is 23.0. The van der Waals surface area contributed by atoms with Gasteiger partial charge in [0, 0.05) is 25.4 Å². The van der Waals surface area contributed by atoms with Crippen LogP contribution in [0, 0.1) is 5.92 Å². The number of furan rings is 1. The quantitative estimate of drug-likeness (QED) is 0.866. The Kier molecular flexibility index (Phi) is 4.55. The minimum Gasteiger partial charge on any atom is -0.464 e. The lowest BCUT2D eigenvalue weighted by atomic mass is 9.90. The number of imidazole rings is 1. The van der Waals surface area contributed by atoms with Crippen molar-refractivity contribution < 1.29 is 9.21 Å². The van der Waals surface area contributed by atoms with E-state index in [1.807, 2.05) is 34.7 Å². The van der Waals surface area contributed by atoms with Crippen LogP contribution in [0.2, 0.25) is 0 Å². The average molecular weight is 315 g/mol. The van der Waals surface area contributed by atoms with Crippen molar-refractivity contribution in [1.29, 1.82) is 0 Å². The summed E-state index contributed by atoms with van der Waals surface area (Å²) in [7, 11) is 0. The van der Waals surface area contributed by atoms with E-state index in [4.69, 9.17) is 4.42 Å². The van der Waals surface area contributed by atoms with Crippen molar-refractivity contribution in [2.75, 3.05) is 6.54 Å². The van der Waals surface area contributed by atoms with Crippen LogP contribution in [0.15, 0.2) is 35.3 Å². The van der Waals surface area contributed by atoms with Crippen LogP contribution in [0.1, 0.15) is 57.2 Å². The molecule has 124 valence electrons. The summed E-state index contributed by atoms with van der Waals surface area (Å²) in [6.45, 7) is 7.04. The molecule has 1 fully saturated rings. The molecule has 3 rings (SSSR count). The van der Waals surface area contributed by atoms with Crippen molar-refractivity contribution in [3.05, 3.63) is 42.4 Å². The number of rotatable bonds is 4. The van der Waals surface area contributed by atoms with E-state index < -0.39 is 0 Å². The number of hydrogen-bond donors (Lipinski definition) is 0. The minimum absolute atomic E-state index is 0.0394. The summed E-state index contributed by atoms with van der Waals surface area (Å²) in [5.74, 6) is 2.63. The molecule has 5 heteroatoms. The van der Waals surface area contributed by atoms with E-state index in [2.05, 4.69) is 18.8 Å². The standard InChI is InChI=1S/C18H25N3O2/c1-4-15-5-6-17(23-15)16-11-13(2)7-9-21(16)18(22)14(3)20-10-8-19-12-20/h5-6,8,10,12-14,16H,4,7,9,11H2,1-3H3. The van der Waals surface area contributed by atoms with Crippen molar-refractivity contribution in [3.63, 3.8) is 0 Å². The summed E-state index contributed by atoms with van der Waals surface area (Å²) in [5, 5.41) is 0. The first-order valence-corrected chi connectivity index (χ1v) is 8.46. The summed E-state index contributed by atoms with van der Waals surface area (Å²) < 4.78 is 7.82. The van der Waals surface area contributed by atoms with E-state index in [1.165, 1.54) is 0 Å². The number of hydrogen-bond acceptors (Lipinski definition) is 3. The van der Waals surface area contributed by atoms with E-state index in [0.717, 1.165) is 37.3 Å². The summed E-state index contributed by atoms with van der Waals surface area (Å²) in [4.78, 5) is 19.0. The monoisotopic (exact) mass is 315 g/mol. The molecule has 3 atom stereocenters. The van der Waals surface area contributed by atoms with Crippen LogP contribution in [-0.4, -0.2) is 26.9 Å². The molecule has 1 aliphatic heterocycles. The Balaban J connectivity index is 1.84. The Morgan fingerprint density at radius 1 is 1.48 bits per heavy atom. The number of aromatic nitrogens is 2. The maximum absolute atomic E-state index is 13.0. The molecule has 0 aromatic carbocycles. The van der Waals surface area contributed by atoms with Crippen LogP contribution < -0.4 is 0 Å². The first kappa shape index (κ1) is 15.8. The van der Waals surface area contributed by atoms with Crippen LogP contribution in [0.3, 0.4) is 0 Å². The number of carbonyl (C=O) groups is 1. The smallest absolute Gasteiger partial charge is 0.246 e. The number of aryl methyl sites for hydroxylation is 1. The molecular formula is C18H25N3O2.